The lowest BCUT2D eigenvalue weighted by Crippen LogP contribution is -2.55. The lowest BCUT2D eigenvalue weighted by atomic mass is 9.95. The van der Waals surface area contributed by atoms with Crippen LogP contribution < -0.4 is 15.0 Å². The molecule has 1 N–H and O–H groups in total. The van der Waals surface area contributed by atoms with Crippen LogP contribution in [0.5, 0.6) is 5.75 Å². The summed E-state index contributed by atoms with van der Waals surface area (Å²) in [5.41, 5.74) is -1.60. The number of ether oxygens (including phenoxy) is 1. The van der Waals surface area contributed by atoms with Gasteiger partial charge in [-0.3, -0.25) is 4.79 Å². The summed E-state index contributed by atoms with van der Waals surface area (Å²) < 4.78 is 58.8. The summed E-state index contributed by atoms with van der Waals surface area (Å²) in [6.45, 7) is 2.77. The van der Waals surface area contributed by atoms with Crippen LogP contribution >= 0.6 is 0 Å². The van der Waals surface area contributed by atoms with Crippen molar-refractivity contribution in [3.8, 4) is 11.8 Å². The Morgan fingerprint density at radius 2 is 1.85 bits per heavy atom. The molecule has 0 saturated carbocycles. The van der Waals surface area contributed by atoms with Crippen LogP contribution in [0.25, 0.3) is 0 Å². The molecule has 2 atom stereocenters. The fourth-order valence-electron chi connectivity index (χ4n) is 4.81. The van der Waals surface area contributed by atoms with Crippen molar-refractivity contribution in [3.05, 3.63) is 53.6 Å². The molecule has 0 radical (unpaired) electrons. The van der Waals surface area contributed by atoms with Gasteiger partial charge in [0.1, 0.15) is 28.9 Å². The predicted octanol–water partition coefficient (Wildman–Crippen LogP) is 4.58. The van der Waals surface area contributed by atoms with E-state index in [9.17, 15) is 22.4 Å². The third-order valence-electron chi connectivity index (χ3n) is 6.39. The number of pyridine rings is 1. The average molecular weight is 476 g/mol. The minimum atomic E-state index is -4.82. The number of nitrogens with zero attached hydrogens (tertiary/aromatic N) is 3. The number of rotatable bonds is 5. The second-order valence-electron chi connectivity index (χ2n) is 9.20. The number of alkyl halides is 3. The largest absolute Gasteiger partial charge is 0.477 e. The third kappa shape index (κ3) is 4.79. The number of nitriles is 1. The van der Waals surface area contributed by atoms with Crippen molar-refractivity contribution < 1.29 is 27.1 Å². The predicted molar refractivity (Wildman–Crippen MR) is 116 cm³/mol. The molecule has 180 valence electrons. The Kier molecular flexibility index (Phi) is 6.14. The number of anilines is 1. The quantitative estimate of drug-likeness (QED) is 0.639. The highest BCUT2D eigenvalue weighted by atomic mass is 19.4. The minimum Gasteiger partial charge on any atom is -0.477 e. The van der Waals surface area contributed by atoms with E-state index in [2.05, 4.69) is 15.2 Å². The number of amides is 1. The van der Waals surface area contributed by atoms with Gasteiger partial charge in [0.2, 0.25) is 0 Å². The van der Waals surface area contributed by atoms with E-state index in [1.54, 1.807) is 12.3 Å². The Hall–Kier alpha value is -3.35. The molecule has 1 aromatic heterocycles. The molecule has 2 fully saturated rings. The molecule has 2 aliphatic heterocycles. The molecule has 2 saturated heterocycles. The molecule has 2 unspecified atom stereocenters. The fourth-order valence-corrected chi connectivity index (χ4v) is 4.81. The maximum atomic E-state index is 13.4. The van der Waals surface area contributed by atoms with Crippen molar-refractivity contribution >= 4 is 11.6 Å². The standard InChI is InChI=1S/C24H24F4N4O2/c1-23(2,34-21-8-3-14(25)9-20(21)24(26,27)28)22(33)31-16-10-17-6-7-18(11-16)32(17)19-5-4-15(12-29)30-13-19/h3-5,8-9,13,16-18H,6-7,10-11H2,1-2H3,(H,31,33). The Morgan fingerprint density at radius 1 is 1.18 bits per heavy atom. The lowest BCUT2D eigenvalue weighted by molar-refractivity contribution is -0.144. The Balaban J connectivity index is 1.43. The molecular weight excluding hydrogens is 452 g/mol. The van der Waals surface area contributed by atoms with Crippen LogP contribution in [0.15, 0.2) is 36.5 Å². The van der Waals surface area contributed by atoms with Crippen molar-refractivity contribution in [2.24, 2.45) is 0 Å². The summed E-state index contributed by atoms with van der Waals surface area (Å²) >= 11 is 0. The maximum absolute atomic E-state index is 13.4. The number of nitrogens with one attached hydrogen (secondary N) is 1. The van der Waals surface area contributed by atoms with Crippen LogP contribution in [0.1, 0.15) is 50.8 Å². The zero-order valence-corrected chi connectivity index (χ0v) is 18.7. The Labute approximate surface area is 194 Å². The van der Waals surface area contributed by atoms with E-state index in [1.165, 1.54) is 13.8 Å². The molecule has 10 heteroatoms. The van der Waals surface area contributed by atoms with Crippen molar-refractivity contribution in [2.75, 3.05) is 4.90 Å². The van der Waals surface area contributed by atoms with Gasteiger partial charge in [0.05, 0.1) is 11.9 Å². The van der Waals surface area contributed by atoms with E-state index in [0.29, 0.717) is 24.6 Å². The van der Waals surface area contributed by atoms with Crippen molar-refractivity contribution in [2.45, 2.75) is 69.4 Å². The molecule has 0 aliphatic carbocycles. The summed E-state index contributed by atoms with van der Waals surface area (Å²) in [6, 6.07) is 7.84. The van der Waals surface area contributed by atoms with Crippen molar-refractivity contribution in [3.63, 3.8) is 0 Å². The second kappa shape index (κ2) is 8.78. The molecule has 4 rings (SSSR count). The molecule has 1 amide bonds. The maximum Gasteiger partial charge on any atom is 0.420 e. The van der Waals surface area contributed by atoms with Gasteiger partial charge in [-0.2, -0.15) is 18.4 Å². The van der Waals surface area contributed by atoms with Gasteiger partial charge in [0, 0.05) is 18.1 Å². The van der Waals surface area contributed by atoms with E-state index in [4.69, 9.17) is 10.00 Å². The minimum absolute atomic E-state index is 0.161. The van der Waals surface area contributed by atoms with E-state index in [0.717, 1.165) is 30.7 Å². The first-order valence-electron chi connectivity index (χ1n) is 11.0. The van der Waals surface area contributed by atoms with Gasteiger partial charge < -0.3 is 15.0 Å². The lowest BCUT2D eigenvalue weighted by Gasteiger charge is -2.41. The first-order valence-corrected chi connectivity index (χ1v) is 11.0. The smallest absolute Gasteiger partial charge is 0.420 e. The van der Waals surface area contributed by atoms with Crippen LogP contribution in [0.3, 0.4) is 0 Å². The molecule has 34 heavy (non-hydrogen) atoms. The molecule has 2 aliphatic rings. The summed E-state index contributed by atoms with van der Waals surface area (Å²) in [4.78, 5) is 19.4. The SMILES string of the molecule is CC(C)(Oc1ccc(F)cc1C(F)(F)F)C(=O)NC1CC2CCC(C1)N2c1ccc(C#N)nc1. The third-order valence-corrected chi connectivity index (χ3v) is 6.39. The van der Waals surface area contributed by atoms with Crippen LogP contribution in [-0.4, -0.2) is 34.6 Å². The second-order valence-corrected chi connectivity index (χ2v) is 9.20. The normalized spacial score (nSPS) is 22.3. The van der Waals surface area contributed by atoms with Crippen molar-refractivity contribution in [1.82, 2.24) is 10.3 Å². The number of halogens is 4. The topological polar surface area (TPSA) is 78.2 Å². The van der Waals surface area contributed by atoms with Gasteiger partial charge in [-0.15, -0.1) is 0 Å². The van der Waals surface area contributed by atoms with Crippen LogP contribution in [0.2, 0.25) is 0 Å². The molecule has 2 bridgehead atoms. The number of benzene rings is 1. The highest BCUT2D eigenvalue weighted by Crippen LogP contribution is 2.40. The number of carbonyl (C=O) groups is 1. The zero-order chi connectivity index (χ0) is 24.7. The molecule has 2 aromatic rings. The number of fused-ring (bicyclic) bond motifs is 2. The van der Waals surface area contributed by atoms with Gasteiger partial charge in [0.25, 0.3) is 5.91 Å². The molecular formula is C24H24F4N4O2. The molecule has 1 aromatic carbocycles. The molecule has 6 nitrogen and oxygen atoms in total. The monoisotopic (exact) mass is 476 g/mol. The highest BCUT2D eigenvalue weighted by molar-refractivity contribution is 5.85. The first kappa shape index (κ1) is 23.8. The highest BCUT2D eigenvalue weighted by Gasteiger charge is 2.43. The number of aromatic nitrogens is 1. The number of hydrogen-bond donors (Lipinski definition) is 1. The van der Waals surface area contributed by atoms with Gasteiger partial charge in [0.15, 0.2) is 5.60 Å². The average Bonchev–Trinajstić information content (AvgIpc) is 3.04. The van der Waals surface area contributed by atoms with Crippen LogP contribution in [0.4, 0.5) is 23.2 Å². The van der Waals surface area contributed by atoms with E-state index in [-0.39, 0.29) is 18.1 Å². The van der Waals surface area contributed by atoms with Gasteiger partial charge in [-0.05, 0) is 69.9 Å². The fraction of sp³-hybridized carbons (Fsp3) is 0.458. The van der Waals surface area contributed by atoms with Crippen molar-refractivity contribution in [1.29, 1.82) is 5.26 Å². The van der Waals surface area contributed by atoms with Crippen LogP contribution in [0, 0.1) is 17.1 Å². The summed E-state index contributed by atoms with van der Waals surface area (Å²) in [6.07, 6.45) is 0.0885. The van der Waals surface area contributed by atoms with E-state index >= 15 is 0 Å². The Bertz CT molecular complexity index is 1100. The summed E-state index contributed by atoms with van der Waals surface area (Å²) in [5, 5.41) is 11.9. The van der Waals surface area contributed by atoms with Gasteiger partial charge in [-0.25, -0.2) is 9.37 Å². The van der Waals surface area contributed by atoms with Gasteiger partial charge in [-0.1, -0.05) is 0 Å². The molecule has 0 spiro atoms. The number of carbonyl (C=O) groups excluding carboxylic acids is 1. The summed E-state index contributed by atoms with van der Waals surface area (Å²) in [5.74, 6) is -2.18. The first-order chi connectivity index (χ1) is 16.0. The van der Waals surface area contributed by atoms with Gasteiger partial charge >= 0.3 is 6.18 Å². The van der Waals surface area contributed by atoms with E-state index in [1.807, 2.05) is 12.1 Å². The molecule has 3 heterocycles. The number of piperidine rings is 1. The van der Waals surface area contributed by atoms with Crippen LogP contribution in [-0.2, 0) is 11.0 Å². The Morgan fingerprint density at radius 3 is 2.41 bits per heavy atom. The zero-order valence-electron chi connectivity index (χ0n) is 18.7. The van der Waals surface area contributed by atoms with E-state index < -0.39 is 34.8 Å². The summed E-state index contributed by atoms with van der Waals surface area (Å²) in [7, 11) is 0. The number of hydrogen-bond acceptors (Lipinski definition) is 5.